The Labute approximate surface area is 92.5 Å². The van der Waals surface area contributed by atoms with E-state index in [4.69, 9.17) is 0 Å². The van der Waals surface area contributed by atoms with Crippen molar-refractivity contribution >= 4 is 27.3 Å². The van der Waals surface area contributed by atoms with Crippen LogP contribution in [0.2, 0.25) is 0 Å². The van der Waals surface area contributed by atoms with Crippen molar-refractivity contribution in [1.82, 2.24) is 20.2 Å². The molecule has 0 bridgehead atoms. The summed E-state index contributed by atoms with van der Waals surface area (Å²) in [5, 5.41) is 21.3. The monoisotopic (exact) mass is 274 g/mol. The van der Waals surface area contributed by atoms with E-state index in [9.17, 15) is 5.11 Å². The van der Waals surface area contributed by atoms with Gasteiger partial charge in [0.2, 0.25) is 5.82 Å². The molecule has 2 heterocycles. The van der Waals surface area contributed by atoms with Gasteiger partial charge in [0.15, 0.2) is 0 Å². The van der Waals surface area contributed by atoms with Gasteiger partial charge in [-0.25, -0.2) is 0 Å². The maximum Gasteiger partial charge on any atom is 0.218 e. The van der Waals surface area contributed by atoms with Crippen LogP contribution < -0.4 is 0 Å². The summed E-state index contributed by atoms with van der Waals surface area (Å²) in [7, 11) is 1.68. The number of nitrogens with zero attached hydrogens (tertiary/aromatic N) is 4. The van der Waals surface area contributed by atoms with E-state index >= 15 is 0 Å². The molecular weight excluding hydrogens is 268 g/mol. The Morgan fingerprint density at radius 3 is 2.64 bits per heavy atom. The molecule has 74 valence electrons. The highest BCUT2D eigenvalue weighted by molar-refractivity contribution is 9.11. The fourth-order valence-electron chi connectivity index (χ4n) is 1.00. The van der Waals surface area contributed by atoms with E-state index in [1.807, 2.05) is 6.92 Å². The second kappa shape index (κ2) is 3.32. The van der Waals surface area contributed by atoms with Crippen molar-refractivity contribution in [3.8, 4) is 16.5 Å². The van der Waals surface area contributed by atoms with Gasteiger partial charge in [0.05, 0.1) is 10.8 Å². The fraction of sp³-hybridized carbons (Fsp3) is 0.286. The highest BCUT2D eigenvalue weighted by atomic mass is 79.9. The van der Waals surface area contributed by atoms with Crippen LogP contribution in [0.4, 0.5) is 0 Å². The molecule has 0 aliphatic carbocycles. The SMILES string of the molecule is Cc1c(Br)sc(-c2nnn(C)n2)c1O. The number of halogens is 1. The summed E-state index contributed by atoms with van der Waals surface area (Å²) in [6, 6.07) is 0. The van der Waals surface area contributed by atoms with Crippen molar-refractivity contribution < 1.29 is 5.11 Å². The number of hydrogen-bond acceptors (Lipinski definition) is 5. The molecule has 5 nitrogen and oxygen atoms in total. The molecule has 2 aromatic heterocycles. The lowest BCUT2D eigenvalue weighted by atomic mass is 10.3. The third kappa shape index (κ3) is 1.42. The maximum atomic E-state index is 9.74. The molecular formula is C7H7BrN4OS. The first-order valence-corrected chi connectivity index (χ1v) is 5.42. The number of aromatic nitrogens is 4. The van der Waals surface area contributed by atoms with E-state index in [2.05, 4.69) is 31.3 Å². The number of rotatable bonds is 1. The lowest BCUT2D eigenvalue weighted by Gasteiger charge is -1.90. The third-order valence-corrected chi connectivity index (χ3v) is 3.91. The van der Waals surface area contributed by atoms with Crippen molar-refractivity contribution in [3.63, 3.8) is 0 Å². The van der Waals surface area contributed by atoms with Crippen molar-refractivity contribution in [3.05, 3.63) is 9.35 Å². The summed E-state index contributed by atoms with van der Waals surface area (Å²) in [6.07, 6.45) is 0. The third-order valence-electron chi connectivity index (χ3n) is 1.77. The molecule has 0 aromatic carbocycles. The predicted molar refractivity (Wildman–Crippen MR) is 56.2 cm³/mol. The fourth-order valence-corrected chi connectivity index (χ4v) is 2.53. The quantitative estimate of drug-likeness (QED) is 0.860. The molecule has 1 N–H and O–H groups in total. The predicted octanol–water partition coefficient (Wildman–Crippen LogP) is 1.72. The number of tetrazole rings is 1. The minimum absolute atomic E-state index is 0.217. The zero-order valence-electron chi connectivity index (χ0n) is 7.52. The molecule has 2 rings (SSSR count). The molecule has 0 aliphatic rings. The van der Waals surface area contributed by atoms with Gasteiger partial charge in [-0.3, -0.25) is 0 Å². The summed E-state index contributed by atoms with van der Waals surface area (Å²) in [5.41, 5.74) is 0.803. The first-order valence-electron chi connectivity index (χ1n) is 3.82. The van der Waals surface area contributed by atoms with E-state index in [-0.39, 0.29) is 5.75 Å². The number of aryl methyl sites for hydroxylation is 1. The average molecular weight is 275 g/mol. The van der Waals surface area contributed by atoms with Crippen LogP contribution in [0.5, 0.6) is 5.75 Å². The summed E-state index contributed by atoms with van der Waals surface area (Å²) in [4.78, 5) is 2.00. The van der Waals surface area contributed by atoms with Gasteiger partial charge in [-0.2, -0.15) is 4.80 Å². The first-order chi connectivity index (χ1) is 6.59. The highest BCUT2D eigenvalue weighted by Gasteiger charge is 2.17. The lowest BCUT2D eigenvalue weighted by molar-refractivity contribution is 0.475. The molecule has 2 aromatic rings. The van der Waals surface area contributed by atoms with Crippen LogP contribution in [0.3, 0.4) is 0 Å². The Bertz CT molecular complexity index is 478. The largest absolute Gasteiger partial charge is 0.506 e. The van der Waals surface area contributed by atoms with Crippen LogP contribution in [0.25, 0.3) is 10.7 Å². The van der Waals surface area contributed by atoms with Gasteiger partial charge in [-0.05, 0) is 28.1 Å². The molecule has 7 heteroatoms. The first kappa shape index (κ1) is 9.60. The Morgan fingerprint density at radius 2 is 2.21 bits per heavy atom. The molecule has 0 atom stereocenters. The topological polar surface area (TPSA) is 63.8 Å². The van der Waals surface area contributed by atoms with Crippen LogP contribution in [-0.2, 0) is 7.05 Å². The van der Waals surface area contributed by atoms with Gasteiger partial charge in [0.1, 0.15) is 10.6 Å². The second-order valence-electron chi connectivity index (χ2n) is 2.78. The Balaban J connectivity index is 2.57. The van der Waals surface area contributed by atoms with Crippen LogP contribution in [0.1, 0.15) is 5.56 Å². The second-order valence-corrected chi connectivity index (χ2v) is 5.12. The van der Waals surface area contributed by atoms with Crippen LogP contribution in [0.15, 0.2) is 3.79 Å². The van der Waals surface area contributed by atoms with Crippen molar-refractivity contribution in [2.75, 3.05) is 0 Å². The number of aromatic hydroxyl groups is 1. The maximum absolute atomic E-state index is 9.74. The molecule has 0 radical (unpaired) electrons. The minimum Gasteiger partial charge on any atom is -0.506 e. The summed E-state index contributed by atoms with van der Waals surface area (Å²) < 4.78 is 0.887. The zero-order valence-corrected chi connectivity index (χ0v) is 9.92. The Hall–Kier alpha value is -0.950. The van der Waals surface area contributed by atoms with Gasteiger partial charge in [0.25, 0.3) is 0 Å². The molecule has 0 fully saturated rings. The van der Waals surface area contributed by atoms with E-state index in [0.717, 1.165) is 9.35 Å². The van der Waals surface area contributed by atoms with E-state index in [1.165, 1.54) is 16.1 Å². The molecule has 0 saturated heterocycles. The molecule has 0 aliphatic heterocycles. The van der Waals surface area contributed by atoms with E-state index in [1.54, 1.807) is 7.05 Å². The van der Waals surface area contributed by atoms with Crippen molar-refractivity contribution in [2.24, 2.45) is 7.05 Å². The molecule has 14 heavy (non-hydrogen) atoms. The lowest BCUT2D eigenvalue weighted by Crippen LogP contribution is -1.91. The molecule has 0 spiro atoms. The summed E-state index contributed by atoms with van der Waals surface area (Å²) in [5.74, 6) is 0.665. The zero-order chi connectivity index (χ0) is 10.3. The van der Waals surface area contributed by atoms with Crippen molar-refractivity contribution in [2.45, 2.75) is 6.92 Å². The van der Waals surface area contributed by atoms with Gasteiger partial charge >= 0.3 is 0 Å². The van der Waals surface area contributed by atoms with Gasteiger partial charge in [0, 0.05) is 5.56 Å². The molecule has 0 unspecified atom stereocenters. The van der Waals surface area contributed by atoms with E-state index in [0.29, 0.717) is 10.7 Å². The average Bonchev–Trinajstić information content (AvgIpc) is 2.66. The Kier molecular flexibility index (Phi) is 2.28. The molecule has 0 saturated carbocycles. The van der Waals surface area contributed by atoms with Gasteiger partial charge in [-0.1, -0.05) is 0 Å². The number of thiophene rings is 1. The van der Waals surface area contributed by atoms with Crippen LogP contribution in [-0.4, -0.2) is 25.3 Å². The minimum atomic E-state index is 0.217. The standard InChI is InChI=1S/C7H7BrN4OS/c1-3-4(13)5(14-6(3)8)7-9-11-12(2)10-7/h13H,1-2H3. The van der Waals surface area contributed by atoms with Crippen LogP contribution >= 0.6 is 27.3 Å². The highest BCUT2D eigenvalue weighted by Crippen LogP contribution is 2.42. The van der Waals surface area contributed by atoms with Crippen molar-refractivity contribution in [1.29, 1.82) is 0 Å². The number of hydrogen-bond donors (Lipinski definition) is 1. The molecule has 0 amide bonds. The normalized spacial score (nSPS) is 10.8. The summed E-state index contributed by atoms with van der Waals surface area (Å²) in [6.45, 7) is 1.83. The Morgan fingerprint density at radius 1 is 1.50 bits per heavy atom. The van der Waals surface area contributed by atoms with Gasteiger partial charge in [-0.15, -0.1) is 21.5 Å². The smallest absolute Gasteiger partial charge is 0.218 e. The summed E-state index contributed by atoms with van der Waals surface area (Å²) >= 11 is 4.74. The van der Waals surface area contributed by atoms with Crippen LogP contribution in [0, 0.1) is 6.92 Å². The van der Waals surface area contributed by atoms with E-state index < -0.39 is 0 Å². The van der Waals surface area contributed by atoms with Gasteiger partial charge < -0.3 is 5.11 Å².